The van der Waals surface area contributed by atoms with Crippen LogP contribution >= 0.6 is 44.1 Å². The Balaban J connectivity index is 2.33. The maximum absolute atomic E-state index is 5.25. The Morgan fingerprint density at radius 1 is 1.39 bits per heavy atom. The highest BCUT2D eigenvalue weighted by molar-refractivity contribution is 9.11. The molecule has 1 aromatic carbocycles. The molecule has 0 aliphatic carbocycles. The number of benzene rings is 1. The molecule has 1 aromatic rings. The van der Waals surface area contributed by atoms with Gasteiger partial charge in [-0.1, -0.05) is 15.9 Å². The van der Waals surface area contributed by atoms with Crippen LogP contribution in [0.3, 0.4) is 0 Å². The minimum atomic E-state index is 0.616. The molecule has 0 radical (unpaired) electrons. The molecule has 0 bridgehead atoms. The molecule has 0 saturated carbocycles. The van der Waals surface area contributed by atoms with Crippen molar-refractivity contribution in [3.63, 3.8) is 0 Å². The lowest BCUT2D eigenvalue weighted by atomic mass is 10.3. The first-order chi connectivity index (χ1) is 8.63. The zero-order valence-corrected chi connectivity index (χ0v) is 14.1. The lowest BCUT2D eigenvalue weighted by Crippen LogP contribution is -2.29. The number of nitrogens with one attached hydrogen (secondary N) is 2. The lowest BCUT2D eigenvalue weighted by Gasteiger charge is -2.12. The van der Waals surface area contributed by atoms with Gasteiger partial charge in [0.1, 0.15) is 0 Å². The molecule has 2 N–H and O–H groups in total. The smallest absolute Gasteiger partial charge is 0.170 e. The van der Waals surface area contributed by atoms with Crippen molar-refractivity contribution in [2.75, 3.05) is 25.1 Å². The Labute approximate surface area is 130 Å². The minimum absolute atomic E-state index is 0.616. The van der Waals surface area contributed by atoms with E-state index in [1.807, 2.05) is 25.1 Å². The maximum Gasteiger partial charge on any atom is 0.170 e. The van der Waals surface area contributed by atoms with Crippen LogP contribution in [0, 0.1) is 0 Å². The highest BCUT2D eigenvalue weighted by Crippen LogP contribution is 2.25. The summed E-state index contributed by atoms with van der Waals surface area (Å²) >= 11 is 12.1. The largest absolute Gasteiger partial charge is 0.382 e. The van der Waals surface area contributed by atoms with Crippen LogP contribution in [-0.2, 0) is 4.74 Å². The van der Waals surface area contributed by atoms with Gasteiger partial charge in [-0.15, -0.1) is 0 Å². The summed E-state index contributed by atoms with van der Waals surface area (Å²) in [4.78, 5) is 0. The quantitative estimate of drug-likeness (QED) is 0.564. The van der Waals surface area contributed by atoms with E-state index >= 15 is 0 Å². The third-order valence-corrected chi connectivity index (χ3v) is 3.56. The molecule has 100 valence electrons. The van der Waals surface area contributed by atoms with Crippen LogP contribution in [0.5, 0.6) is 0 Å². The van der Waals surface area contributed by atoms with Crippen molar-refractivity contribution in [1.82, 2.24) is 5.32 Å². The number of thiocarbonyl (C=S) groups is 1. The van der Waals surface area contributed by atoms with E-state index in [-0.39, 0.29) is 0 Å². The number of rotatable bonds is 6. The normalized spacial score (nSPS) is 10.2. The van der Waals surface area contributed by atoms with Gasteiger partial charge in [-0.05, 0) is 59.7 Å². The fraction of sp³-hybridized carbons (Fsp3) is 0.417. The second kappa shape index (κ2) is 8.85. The third-order valence-electron chi connectivity index (χ3n) is 2.13. The first-order valence-electron chi connectivity index (χ1n) is 5.71. The summed E-state index contributed by atoms with van der Waals surface area (Å²) in [6.07, 6.45) is 0.940. The predicted octanol–water partition coefficient (Wildman–Crippen LogP) is 3.92. The maximum atomic E-state index is 5.25. The molecular weight excluding hydrogens is 380 g/mol. The van der Waals surface area contributed by atoms with Gasteiger partial charge in [-0.3, -0.25) is 0 Å². The van der Waals surface area contributed by atoms with E-state index < -0.39 is 0 Å². The Morgan fingerprint density at radius 2 is 2.17 bits per heavy atom. The Kier molecular flexibility index (Phi) is 7.81. The molecule has 0 fully saturated rings. The molecule has 0 amide bonds. The van der Waals surface area contributed by atoms with Gasteiger partial charge in [0.15, 0.2) is 5.11 Å². The fourth-order valence-electron chi connectivity index (χ4n) is 1.28. The van der Waals surface area contributed by atoms with Crippen molar-refractivity contribution in [3.05, 3.63) is 27.1 Å². The fourth-order valence-corrected chi connectivity index (χ4v) is 2.20. The van der Waals surface area contributed by atoms with Gasteiger partial charge in [0, 0.05) is 28.7 Å². The third kappa shape index (κ3) is 6.13. The molecule has 1 rings (SSSR count). The summed E-state index contributed by atoms with van der Waals surface area (Å²) in [5, 5.41) is 6.90. The van der Waals surface area contributed by atoms with Crippen LogP contribution < -0.4 is 10.6 Å². The van der Waals surface area contributed by atoms with E-state index in [2.05, 4.69) is 42.5 Å². The van der Waals surface area contributed by atoms with Crippen LogP contribution in [0.1, 0.15) is 13.3 Å². The highest BCUT2D eigenvalue weighted by Gasteiger charge is 2.02. The summed E-state index contributed by atoms with van der Waals surface area (Å²) in [5.74, 6) is 0. The molecule has 0 aromatic heterocycles. The van der Waals surface area contributed by atoms with Gasteiger partial charge in [0.05, 0.1) is 5.69 Å². The zero-order chi connectivity index (χ0) is 13.4. The molecule has 6 heteroatoms. The summed E-state index contributed by atoms with van der Waals surface area (Å²) < 4.78 is 7.23. The van der Waals surface area contributed by atoms with Crippen molar-refractivity contribution in [3.8, 4) is 0 Å². The van der Waals surface area contributed by atoms with E-state index in [1.165, 1.54) is 0 Å². The van der Waals surface area contributed by atoms with Gasteiger partial charge in [0.2, 0.25) is 0 Å². The molecule has 3 nitrogen and oxygen atoms in total. The predicted molar refractivity (Wildman–Crippen MR) is 87.2 cm³/mol. The van der Waals surface area contributed by atoms with Crippen LogP contribution in [0.15, 0.2) is 27.1 Å². The molecule has 18 heavy (non-hydrogen) atoms. The monoisotopic (exact) mass is 394 g/mol. The highest BCUT2D eigenvalue weighted by atomic mass is 79.9. The van der Waals surface area contributed by atoms with Crippen molar-refractivity contribution in [1.29, 1.82) is 0 Å². The van der Waals surface area contributed by atoms with E-state index in [1.54, 1.807) is 0 Å². The Bertz CT molecular complexity index is 402. The van der Waals surface area contributed by atoms with Gasteiger partial charge in [0.25, 0.3) is 0 Å². The molecule has 0 spiro atoms. The summed E-state index contributed by atoms with van der Waals surface area (Å²) in [6.45, 7) is 4.31. The number of anilines is 1. The Morgan fingerprint density at radius 3 is 2.89 bits per heavy atom. The summed E-state index contributed by atoms with van der Waals surface area (Å²) in [5.41, 5.74) is 0.937. The first-order valence-corrected chi connectivity index (χ1v) is 7.70. The molecule has 0 aliphatic heterocycles. The second-order valence-corrected chi connectivity index (χ2v) is 5.73. The molecule has 0 atom stereocenters. The number of hydrogen-bond acceptors (Lipinski definition) is 2. The van der Waals surface area contributed by atoms with Gasteiger partial charge in [-0.2, -0.15) is 0 Å². The van der Waals surface area contributed by atoms with Crippen molar-refractivity contribution in [2.45, 2.75) is 13.3 Å². The number of halogens is 2. The van der Waals surface area contributed by atoms with Crippen molar-refractivity contribution >= 4 is 54.9 Å². The molecule has 0 unspecified atom stereocenters. The molecule has 0 heterocycles. The van der Waals surface area contributed by atoms with E-state index in [9.17, 15) is 0 Å². The molecular formula is C12H16Br2N2OS. The van der Waals surface area contributed by atoms with Gasteiger partial charge >= 0.3 is 0 Å². The van der Waals surface area contributed by atoms with Gasteiger partial charge < -0.3 is 15.4 Å². The summed E-state index contributed by atoms with van der Waals surface area (Å²) in [6, 6.07) is 5.90. The first kappa shape index (κ1) is 15.9. The van der Waals surface area contributed by atoms with Gasteiger partial charge in [-0.25, -0.2) is 0 Å². The average Bonchev–Trinajstić information content (AvgIpc) is 2.33. The van der Waals surface area contributed by atoms with E-state index in [4.69, 9.17) is 17.0 Å². The van der Waals surface area contributed by atoms with E-state index in [0.29, 0.717) is 5.11 Å². The number of ether oxygens (including phenoxy) is 1. The topological polar surface area (TPSA) is 33.3 Å². The van der Waals surface area contributed by atoms with Crippen molar-refractivity contribution in [2.24, 2.45) is 0 Å². The zero-order valence-electron chi connectivity index (χ0n) is 10.1. The number of hydrogen-bond donors (Lipinski definition) is 2. The van der Waals surface area contributed by atoms with Crippen molar-refractivity contribution < 1.29 is 4.74 Å². The molecule has 0 saturated heterocycles. The minimum Gasteiger partial charge on any atom is -0.382 e. The van der Waals surface area contributed by atoms with Crippen LogP contribution in [0.25, 0.3) is 0 Å². The Hall–Kier alpha value is -0.170. The van der Waals surface area contributed by atoms with Crippen LogP contribution in [-0.4, -0.2) is 24.9 Å². The lowest BCUT2D eigenvalue weighted by molar-refractivity contribution is 0.146. The van der Waals surface area contributed by atoms with Crippen LogP contribution in [0.4, 0.5) is 5.69 Å². The standard InChI is InChI=1S/C12H16Br2N2OS/c1-2-17-7-3-6-15-12(18)16-11-8-9(13)4-5-10(11)14/h4-5,8H,2-3,6-7H2,1H3,(H2,15,16,18). The van der Waals surface area contributed by atoms with E-state index in [0.717, 1.165) is 40.8 Å². The second-order valence-electron chi connectivity index (χ2n) is 3.56. The average molecular weight is 396 g/mol. The SMILES string of the molecule is CCOCCCNC(=S)Nc1cc(Br)ccc1Br. The summed E-state index contributed by atoms with van der Waals surface area (Å²) in [7, 11) is 0. The molecule has 0 aliphatic rings. The van der Waals surface area contributed by atoms with Crippen LogP contribution in [0.2, 0.25) is 0 Å².